The smallest absolute Gasteiger partial charge is 0.486 e. The summed E-state index contributed by atoms with van der Waals surface area (Å²) in [4.78, 5) is 26.1. The first kappa shape index (κ1) is 26.8. The first-order valence-corrected chi connectivity index (χ1v) is 10.8. The number of nitrogens with zero attached hydrogens (tertiary/aromatic N) is 2. The summed E-state index contributed by atoms with van der Waals surface area (Å²) in [5.41, 5.74) is 1.25. The number of carboxylic acids is 1. The average molecular weight is 514 g/mol. The topological polar surface area (TPSA) is 134 Å². The molecule has 1 aliphatic rings. The maximum atomic E-state index is 13.0. The summed E-state index contributed by atoms with van der Waals surface area (Å²) in [7, 11) is 0. The molecule has 0 fully saturated rings. The number of para-hydroxylation sites is 2. The second-order valence-corrected chi connectivity index (χ2v) is 7.58. The Morgan fingerprint density at radius 1 is 1.08 bits per heavy atom. The lowest BCUT2D eigenvalue weighted by atomic mass is 10.1. The van der Waals surface area contributed by atoms with E-state index < -0.39 is 18.2 Å². The molecule has 4 rings (SSSR count). The molecule has 0 saturated carbocycles. The van der Waals surface area contributed by atoms with Gasteiger partial charge in [0.2, 0.25) is 5.91 Å². The van der Waals surface area contributed by atoms with Gasteiger partial charge in [0.25, 0.3) is 0 Å². The Balaban J connectivity index is 0.000000479. The predicted octanol–water partition coefficient (Wildman–Crippen LogP) is 3.70. The lowest BCUT2D eigenvalue weighted by Gasteiger charge is -2.27. The third kappa shape index (κ3) is 7.86. The molecule has 1 amide bonds. The van der Waals surface area contributed by atoms with Crippen molar-refractivity contribution in [1.29, 1.82) is 5.26 Å². The number of aliphatic carboxylic acids is 1. The summed E-state index contributed by atoms with van der Waals surface area (Å²) >= 11 is 0. The number of carbonyl (C=O) groups is 2. The fraction of sp³-hybridized carbons (Fsp3) is 0.200. The predicted molar refractivity (Wildman–Crippen MR) is 125 cm³/mol. The van der Waals surface area contributed by atoms with Crippen molar-refractivity contribution in [1.82, 2.24) is 10.3 Å². The Bertz CT molecular complexity index is 1250. The van der Waals surface area contributed by atoms with Crippen LogP contribution in [0.4, 0.5) is 19.0 Å². The quantitative estimate of drug-likeness (QED) is 0.454. The van der Waals surface area contributed by atoms with Crippen LogP contribution in [-0.2, 0) is 9.59 Å². The Morgan fingerprint density at radius 2 is 1.73 bits per heavy atom. The number of pyridine rings is 1. The molecule has 0 saturated heterocycles. The summed E-state index contributed by atoms with van der Waals surface area (Å²) in [6.45, 7) is 0.664. The van der Waals surface area contributed by atoms with Crippen molar-refractivity contribution < 1.29 is 37.3 Å². The molecular weight excluding hydrogens is 493 g/mol. The van der Waals surface area contributed by atoms with Crippen LogP contribution in [0.25, 0.3) is 0 Å². The van der Waals surface area contributed by atoms with Gasteiger partial charge in [-0.1, -0.05) is 42.5 Å². The fourth-order valence-corrected chi connectivity index (χ4v) is 3.12. The molecule has 3 N–H and O–H groups in total. The minimum absolute atomic E-state index is 0.213. The zero-order chi connectivity index (χ0) is 26.8. The van der Waals surface area contributed by atoms with Gasteiger partial charge >= 0.3 is 12.1 Å². The number of ether oxygens (including phenoxy) is 2. The zero-order valence-electron chi connectivity index (χ0n) is 19.1. The number of alkyl halides is 3. The number of halogens is 3. The van der Waals surface area contributed by atoms with Gasteiger partial charge in [-0.2, -0.15) is 18.4 Å². The molecule has 0 radical (unpaired) electrons. The largest absolute Gasteiger partial charge is 0.490 e. The van der Waals surface area contributed by atoms with E-state index in [9.17, 15) is 18.0 Å². The monoisotopic (exact) mass is 514 g/mol. The van der Waals surface area contributed by atoms with Gasteiger partial charge in [-0.15, -0.1) is 0 Å². The number of hydrogen-bond donors (Lipinski definition) is 3. The minimum atomic E-state index is -5.08. The summed E-state index contributed by atoms with van der Waals surface area (Å²) in [6.07, 6.45) is -3.90. The van der Waals surface area contributed by atoms with Gasteiger partial charge < -0.3 is 25.2 Å². The van der Waals surface area contributed by atoms with Crippen LogP contribution in [0.1, 0.15) is 17.2 Å². The highest BCUT2D eigenvalue weighted by Gasteiger charge is 2.38. The van der Waals surface area contributed by atoms with Crippen molar-refractivity contribution >= 4 is 17.7 Å². The molecule has 37 heavy (non-hydrogen) atoms. The molecule has 0 spiro atoms. The highest BCUT2D eigenvalue weighted by molar-refractivity contribution is 5.85. The SMILES string of the molecule is N#Cc1ccc(NC(C(=O)NCC2COc3ccccc3O2)c2ccccc2)nc1.O=C(O)C(F)(F)F. The van der Waals surface area contributed by atoms with Crippen LogP contribution in [0.15, 0.2) is 72.9 Å². The van der Waals surface area contributed by atoms with Crippen molar-refractivity contribution in [3.05, 3.63) is 84.1 Å². The highest BCUT2D eigenvalue weighted by atomic mass is 19.4. The normalized spacial score (nSPS) is 14.7. The van der Waals surface area contributed by atoms with Crippen LogP contribution in [0, 0.1) is 11.3 Å². The molecule has 9 nitrogen and oxygen atoms in total. The van der Waals surface area contributed by atoms with E-state index in [0.29, 0.717) is 36.0 Å². The van der Waals surface area contributed by atoms with Crippen molar-refractivity contribution in [2.24, 2.45) is 0 Å². The van der Waals surface area contributed by atoms with Crippen LogP contribution < -0.4 is 20.1 Å². The molecule has 1 aliphatic heterocycles. The number of benzene rings is 2. The number of fused-ring (bicyclic) bond motifs is 1. The number of rotatable bonds is 6. The van der Waals surface area contributed by atoms with Gasteiger partial charge in [-0.25, -0.2) is 9.78 Å². The maximum Gasteiger partial charge on any atom is 0.490 e. The first-order chi connectivity index (χ1) is 17.7. The second-order valence-electron chi connectivity index (χ2n) is 7.58. The third-order valence-corrected chi connectivity index (χ3v) is 4.89. The second kappa shape index (κ2) is 12.3. The standard InChI is InChI=1S/C23H20N4O3.C2HF3O2/c24-12-16-10-11-21(25-13-16)27-22(17-6-2-1-3-7-17)23(28)26-14-18-15-29-19-8-4-5-9-20(19)30-18;3-2(4,5)1(6)7/h1-11,13,18,22H,14-15H2,(H,25,27)(H,26,28);(H,6,7). The fourth-order valence-electron chi connectivity index (χ4n) is 3.12. The van der Waals surface area contributed by atoms with E-state index >= 15 is 0 Å². The molecule has 2 aromatic carbocycles. The number of aromatic nitrogens is 1. The summed E-state index contributed by atoms with van der Waals surface area (Å²) in [6, 6.07) is 21.6. The third-order valence-electron chi connectivity index (χ3n) is 4.89. The lowest BCUT2D eigenvalue weighted by Crippen LogP contribution is -2.43. The van der Waals surface area contributed by atoms with E-state index in [1.165, 1.54) is 6.20 Å². The Hall–Kier alpha value is -4.79. The maximum absolute atomic E-state index is 13.0. The molecule has 0 aliphatic carbocycles. The van der Waals surface area contributed by atoms with Gasteiger partial charge in [-0.3, -0.25) is 4.79 Å². The number of anilines is 1. The minimum Gasteiger partial charge on any atom is -0.486 e. The van der Waals surface area contributed by atoms with Crippen LogP contribution >= 0.6 is 0 Å². The summed E-state index contributed by atoms with van der Waals surface area (Å²) < 4.78 is 43.3. The Morgan fingerprint density at radius 3 is 2.32 bits per heavy atom. The number of nitrogens with one attached hydrogen (secondary N) is 2. The number of nitriles is 1. The number of hydrogen-bond acceptors (Lipinski definition) is 7. The summed E-state index contributed by atoms with van der Waals surface area (Å²) in [5.74, 6) is -1.09. The van der Waals surface area contributed by atoms with Gasteiger partial charge in [0, 0.05) is 6.20 Å². The Labute approximate surface area is 209 Å². The molecular formula is C25H21F3N4O5. The molecule has 2 heterocycles. The number of carboxylic acid groups (broad SMARTS) is 1. The lowest BCUT2D eigenvalue weighted by molar-refractivity contribution is -0.192. The van der Waals surface area contributed by atoms with Crippen molar-refractivity contribution in [2.75, 3.05) is 18.5 Å². The molecule has 2 unspecified atom stereocenters. The van der Waals surface area contributed by atoms with Crippen molar-refractivity contribution in [3.63, 3.8) is 0 Å². The van der Waals surface area contributed by atoms with Gasteiger partial charge in [0.1, 0.15) is 30.6 Å². The van der Waals surface area contributed by atoms with E-state index in [0.717, 1.165) is 5.56 Å². The van der Waals surface area contributed by atoms with Crippen LogP contribution in [-0.4, -0.2) is 47.4 Å². The van der Waals surface area contributed by atoms with Crippen molar-refractivity contribution in [3.8, 4) is 17.6 Å². The molecule has 192 valence electrons. The zero-order valence-corrected chi connectivity index (χ0v) is 19.1. The van der Waals surface area contributed by atoms with E-state index in [4.69, 9.17) is 24.6 Å². The van der Waals surface area contributed by atoms with Crippen LogP contribution in [0.3, 0.4) is 0 Å². The van der Waals surface area contributed by atoms with E-state index in [1.54, 1.807) is 12.1 Å². The van der Waals surface area contributed by atoms with Gasteiger partial charge in [-0.05, 0) is 29.8 Å². The Kier molecular flexibility index (Phi) is 8.88. The molecule has 1 aromatic heterocycles. The van der Waals surface area contributed by atoms with Crippen LogP contribution in [0.5, 0.6) is 11.5 Å². The number of carbonyl (C=O) groups excluding carboxylic acids is 1. The van der Waals surface area contributed by atoms with Gasteiger partial charge in [0.05, 0.1) is 12.1 Å². The van der Waals surface area contributed by atoms with Crippen molar-refractivity contribution in [2.45, 2.75) is 18.3 Å². The van der Waals surface area contributed by atoms with E-state index in [1.807, 2.05) is 60.7 Å². The molecule has 2 atom stereocenters. The summed E-state index contributed by atoms with van der Waals surface area (Å²) in [5, 5.41) is 22.1. The molecule has 0 bridgehead atoms. The van der Waals surface area contributed by atoms with E-state index in [2.05, 4.69) is 15.6 Å². The number of amides is 1. The van der Waals surface area contributed by atoms with Crippen LogP contribution in [0.2, 0.25) is 0 Å². The molecule has 3 aromatic rings. The molecule has 12 heteroatoms. The highest BCUT2D eigenvalue weighted by Crippen LogP contribution is 2.30. The van der Waals surface area contributed by atoms with Gasteiger partial charge in [0.15, 0.2) is 11.5 Å². The average Bonchev–Trinajstić information content (AvgIpc) is 2.91. The van der Waals surface area contributed by atoms with E-state index in [-0.39, 0.29) is 12.0 Å². The first-order valence-electron chi connectivity index (χ1n) is 10.8.